The Hall–Kier alpha value is -1.18. The summed E-state index contributed by atoms with van der Waals surface area (Å²) in [7, 11) is 2.07. The zero-order valence-corrected chi connectivity index (χ0v) is 6.54. The number of phenolic OH excluding ortho intramolecular Hbond substituents is 1. The summed E-state index contributed by atoms with van der Waals surface area (Å²) in [5.41, 5.74) is 2.51. The summed E-state index contributed by atoms with van der Waals surface area (Å²) in [6.07, 6.45) is 1.06. The van der Waals surface area contributed by atoms with Crippen molar-refractivity contribution in [2.45, 2.75) is 6.42 Å². The molecule has 2 nitrogen and oxygen atoms in total. The summed E-state index contributed by atoms with van der Waals surface area (Å²) in [5.74, 6) is 0.374. The first-order valence-corrected chi connectivity index (χ1v) is 3.80. The Labute approximate surface area is 66.1 Å². The lowest BCUT2D eigenvalue weighted by molar-refractivity contribution is 0.475. The SMILES string of the molecule is CN1CCc2cc(O)ccc21. The Morgan fingerprint density at radius 2 is 2.27 bits per heavy atom. The number of phenols is 1. The molecule has 0 aromatic heterocycles. The summed E-state index contributed by atoms with van der Waals surface area (Å²) >= 11 is 0. The van der Waals surface area contributed by atoms with Gasteiger partial charge in [0.1, 0.15) is 5.75 Å². The first-order chi connectivity index (χ1) is 5.27. The van der Waals surface area contributed by atoms with Crippen molar-refractivity contribution in [2.75, 3.05) is 18.5 Å². The number of nitrogens with zero attached hydrogens (tertiary/aromatic N) is 1. The van der Waals surface area contributed by atoms with Crippen LogP contribution >= 0.6 is 0 Å². The van der Waals surface area contributed by atoms with Crippen molar-refractivity contribution < 1.29 is 5.11 Å². The van der Waals surface area contributed by atoms with Crippen molar-refractivity contribution in [1.82, 2.24) is 0 Å². The van der Waals surface area contributed by atoms with Gasteiger partial charge in [-0.05, 0) is 30.2 Å². The van der Waals surface area contributed by atoms with Gasteiger partial charge in [-0.2, -0.15) is 0 Å². The molecule has 1 aromatic carbocycles. The molecule has 0 fully saturated rings. The van der Waals surface area contributed by atoms with E-state index in [-0.39, 0.29) is 0 Å². The largest absolute Gasteiger partial charge is 0.508 e. The van der Waals surface area contributed by atoms with Crippen molar-refractivity contribution in [3.63, 3.8) is 0 Å². The van der Waals surface area contributed by atoms with Gasteiger partial charge in [0.15, 0.2) is 0 Å². The van der Waals surface area contributed by atoms with Crippen molar-refractivity contribution in [3.8, 4) is 5.75 Å². The second kappa shape index (κ2) is 2.16. The molecule has 1 aliphatic rings. The van der Waals surface area contributed by atoms with Gasteiger partial charge >= 0.3 is 0 Å². The van der Waals surface area contributed by atoms with Gasteiger partial charge in [0.2, 0.25) is 0 Å². The van der Waals surface area contributed by atoms with Gasteiger partial charge in [-0.15, -0.1) is 0 Å². The van der Waals surface area contributed by atoms with E-state index in [9.17, 15) is 0 Å². The van der Waals surface area contributed by atoms with Crippen LogP contribution in [0, 0.1) is 0 Å². The lowest BCUT2D eigenvalue weighted by Gasteiger charge is -2.10. The van der Waals surface area contributed by atoms with Crippen LogP contribution in [0.1, 0.15) is 5.56 Å². The van der Waals surface area contributed by atoms with Crippen LogP contribution in [-0.4, -0.2) is 18.7 Å². The van der Waals surface area contributed by atoms with Gasteiger partial charge in [-0.1, -0.05) is 0 Å². The third kappa shape index (κ3) is 0.946. The highest BCUT2D eigenvalue weighted by molar-refractivity contribution is 5.59. The first-order valence-electron chi connectivity index (χ1n) is 3.80. The third-order valence-electron chi connectivity index (χ3n) is 2.19. The third-order valence-corrected chi connectivity index (χ3v) is 2.19. The van der Waals surface area contributed by atoms with Crippen LogP contribution in [0.3, 0.4) is 0 Å². The molecule has 11 heavy (non-hydrogen) atoms. The maximum atomic E-state index is 9.16. The molecule has 1 aliphatic heterocycles. The van der Waals surface area contributed by atoms with E-state index in [4.69, 9.17) is 5.11 Å². The molecule has 0 spiro atoms. The fourth-order valence-electron chi connectivity index (χ4n) is 1.55. The normalized spacial score (nSPS) is 15.2. The molecule has 0 aliphatic carbocycles. The Kier molecular flexibility index (Phi) is 1.28. The fourth-order valence-corrected chi connectivity index (χ4v) is 1.55. The van der Waals surface area contributed by atoms with Crippen LogP contribution in [-0.2, 0) is 6.42 Å². The van der Waals surface area contributed by atoms with Gasteiger partial charge in [0.25, 0.3) is 0 Å². The van der Waals surface area contributed by atoms with Crippen LogP contribution in [0.15, 0.2) is 18.2 Å². The molecule has 1 N–H and O–H groups in total. The molecule has 1 heterocycles. The zero-order chi connectivity index (χ0) is 7.84. The highest BCUT2D eigenvalue weighted by Gasteiger charge is 2.14. The predicted molar refractivity (Wildman–Crippen MR) is 45.1 cm³/mol. The molecule has 1 aromatic rings. The standard InChI is InChI=1S/C9H11NO/c1-10-5-4-7-6-8(11)2-3-9(7)10/h2-3,6,11H,4-5H2,1H3. The Bertz CT molecular complexity index is 283. The van der Waals surface area contributed by atoms with Crippen molar-refractivity contribution >= 4 is 5.69 Å². The average Bonchev–Trinajstić information content (AvgIpc) is 2.32. The molecule has 0 bridgehead atoms. The minimum atomic E-state index is 0.374. The van der Waals surface area contributed by atoms with Crippen molar-refractivity contribution in [2.24, 2.45) is 0 Å². The topological polar surface area (TPSA) is 23.5 Å². The number of fused-ring (bicyclic) bond motifs is 1. The predicted octanol–water partition coefficient (Wildman–Crippen LogP) is 1.38. The summed E-state index contributed by atoms with van der Waals surface area (Å²) in [6.45, 7) is 1.07. The number of likely N-dealkylation sites (N-methyl/N-ethyl adjacent to an activating group) is 1. The second-order valence-corrected chi connectivity index (χ2v) is 2.98. The van der Waals surface area contributed by atoms with E-state index in [0.717, 1.165) is 13.0 Å². The number of benzene rings is 1. The molecular weight excluding hydrogens is 138 g/mol. The highest BCUT2D eigenvalue weighted by atomic mass is 16.3. The number of hydrogen-bond acceptors (Lipinski definition) is 2. The first kappa shape index (κ1) is 6.53. The van der Waals surface area contributed by atoms with Gasteiger partial charge in [0, 0.05) is 19.3 Å². The highest BCUT2D eigenvalue weighted by Crippen LogP contribution is 2.29. The molecule has 0 saturated carbocycles. The number of hydrogen-bond donors (Lipinski definition) is 1. The van der Waals surface area contributed by atoms with Crippen LogP contribution in [0.5, 0.6) is 5.75 Å². The van der Waals surface area contributed by atoms with E-state index in [2.05, 4.69) is 11.9 Å². The van der Waals surface area contributed by atoms with Crippen LogP contribution < -0.4 is 4.90 Å². The molecule has 2 heteroatoms. The molecular formula is C9H11NO. The Morgan fingerprint density at radius 3 is 3.09 bits per heavy atom. The van der Waals surface area contributed by atoms with E-state index < -0.39 is 0 Å². The van der Waals surface area contributed by atoms with E-state index in [1.54, 1.807) is 6.07 Å². The average molecular weight is 149 g/mol. The van der Waals surface area contributed by atoms with Crippen LogP contribution in [0.4, 0.5) is 5.69 Å². The van der Waals surface area contributed by atoms with Crippen LogP contribution in [0.25, 0.3) is 0 Å². The van der Waals surface area contributed by atoms with Gasteiger partial charge < -0.3 is 10.0 Å². The number of aromatic hydroxyl groups is 1. The lowest BCUT2D eigenvalue weighted by atomic mass is 10.1. The maximum absolute atomic E-state index is 9.16. The molecule has 0 radical (unpaired) electrons. The fraction of sp³-hybridized carbons (Fsp3) is 0.333. The van der Waals surface area contributed by atoms with Crippen molar-refractivity contribution in [1.29, 1.82) is 0 Å². The molecule has 0 atom stereocenters. The summed E-state index contributed by atoms with van der Waals surface area (Å²) < 4.78 is 0. The lowest BCUT2D eigenvalue weighted by Crippen LogP contribution is -2.12. The molecule has 0 amide bonds. The summed E-state index contributed by atoms with van der Waals surface area (Å²) in [5, 5.41) is 9.16. The van der Waals surface area contributed by atoms with E-state index in [1.807, 2.05) is 12.1 Å². The Morgan fingerprint density at radius 1 is 1.45 bits per heavy atom. The van der Waals surface area contributed by atoms with E-state index in [0.29, 0.717) is 5.75 Å². The minimum absolute atomic E-state index is 0.374. The number of anilines is 1. The Balaban J connectivity index is 2.50. The summed E-state index contributed by atoms with van der Waals surface area (Å²) in [4.78, 5) is 2.20. The van der Waals surface area contributed by atoms with E-state index in [1.165, 1.54) is 11.3 Å². The molecule has 58 valence electrons. The maximum Gasteiger partial charge on any atom is 0.116 e. The monoisotopic (exact) mass is 149 g/mol. The quantitative estimate of drug-likeness (QED) is 0.602. The summed E-state index contributed by atoms with van der Waals surface area (Å²) in [6, 6.07) is 5.55. The van der Waals surface area contributed by atoms with Gasteiger partial charge in [-0.3, -0.25) is 0 Å². The smallest absolute Gasteiger partial charge is 0.116 e. The zero-order valence-electron chi connectivity index (χ0n) is 6.54. The van der Waals surface area contributed by atoms with Crippen molar-refractivity contribution in [3.05, 3.63) is 23.8 Å². The molecule has 0 saturated heterocycles. The van der Waals surface area contributed by atoms with Crippen LogP contribution in [0.2, 0.25) is 0 Å². The minimum Gasteiger partial charge on any atom is -0.508 e. The van der Waals surface area contributed by atoms with E-state index >= 15 is 0 Å². The van der Waals surface area contributed by atoms with Gasteiger partial charge in [0.05, 0.1) is 0 Å². The molecule has 2 rings (SSSR count). The second-order valence-electron chi connectivity index (χ2n) is 2.98. The van der Waals surface area contributed by atoms with Gasteiger partial charge in [-0.25, -0.2) is 0 Å². The molecule has 0 unspecified atom stereocenters. The number of rotatable bonds is 0.